The fourth-order valence-electron chi connectivity index (χ4n) is 0.517. The van der Waals surface area contributed by atoms with Crippen LogP contribution in [0.3, 0.4) is 0 Å². The molecule has 11 heavy (non-hydrogen) atoms. The second kappa shape index (κ2) is 9.14. The van der Waals surface area contributed by atoms with Crippen molar-refractivity contribution in [1.82, 2.24) is 0 Å². The Labute approximate surface area is 66.2 Å². The van der Waals surface area contributed by atoms with Gasteiger partial charge in [0.15, 0.2) is 0 Å². The Morgan fingerprint density at radius 3 is 2.82 bits per heavy atom. The van der Waals surface area contributed by atoms with Gasteiger partial charge in [0.2, 0.25) is 0 Å². The zero-order chi connectivity index (χ0) is 8.36. The monoisotopic (exact) mass is 159 g/mol. The molecule has 0 heterocycles. The summed E-state index contributed by atoms with van der Waals surface area (Å²) in [5, 5.41) is 2.90. The van der Waals surface area contributed by atoms with Crippen LogP contribution >= 0.6 is 0 Å². The van der Waals surface area contributed by atoms with Crippen LogP contribution in [0.4, 0.5) is 0 Å². The van der Waals surface area contributed by atoms with E-state index < -0.39 is 0 Å². The second-order valence-corrected chi connectivity index (χ2v) is 1.98. The van der Waals surface area contributed by atoms with Crippen LogP contribution in [-0.4, -0.2) is 25.9 Å². The molecule has 0 unspecified atom stereocenters. The third-order valence-electron chi connectivity index (χ3n) is 1.06. The van der Waals surface area contributed by atoms with Gasteiger partial charge in [0.1, 0.15) is 6.61 Å². The fraction of sp³-hybridized carbons (Fsp3) is 0.857. The average Bonchev–Trinajstić information content (AvgIpc) is 2.03. The second-order valence-electron chi connectivity index (χ2n) is 1.98. The van der Waals surface area contributed by atoms with Crippen molar-refractivity contribution in [2.24, 2.45) is 5.16 Å². The van der Waals surface area contributed by atoms with Crippen LogP contribution < -0.4 is 0 Å². The molecule has 0 spiro atoms. The maximum absolute atomic E-state index is 9.48. The first kappa shape index (κ1) is 10.1. The molecule has 0 aliphatic carbocycles. The first-order valence-corrected chi connectivity index (χ1v) is 3.68. The number of unbranched alkanes of at least 4 members (excludes halogenated alkanes) is 1. The average molecular weight is 159 g/mol. The van der Waals surface area contributed by atoms with Gasteiger partial charge in [0, 0.05) is 11.8 Å². The number of carbonyl (C=O) groups excluding carboxylic acids is 1. The maximum atomic E-state index is 9.48. The van der Waals surface area contributed by atoms with Gasteiger partial charge in [-0.05, 0) is 6.42 Å². The molecule has 64 valence electrons. The minimum absolute atomic E-state index is 0.318. The predicted octanol–water partition coefficient (Wildman–Crippen LogP) is 1.07. The fourth-order valence-corrected chi connectivity index (χ4v) is 0.517. The van der Waals surface area contributed by atoms with Crippen molar-refractivity contribution in [1.29, 1.82) is 0 Å². The first-order chi connectivity index (χ1) is 5.41. The summed E-state index contributed by atoms with van der Waals surface area (Å²) in [5.41, 5.74) is 0. The highest BCUT2D eigenvalue weighted by Crippen LogP contribution is 1.87. The van der Waals surface area contributed by atoms with Crippen LogP contribution in [0.2, 0.25) is 0 Å². The van der Waals surface area contributed by atoms with Crippen molar-refractivity contribution in [3.05, 3.63) is 0 Å². The van der Waals surface area contributed by atoms with E-state index in [4.69, 9.17) is 4.74 Å². The van der Waals surface area contributed by atoms with Crippen molar-refractivity contribution in [2.45, 2.75) is 19.8 Å². The number of rotatable bonds is 7. The van der Waals surface area contributed by atoms with Crippen LogP contribution in [-0.2, 0) is 14.4 Å². The molecule has 0 aromatic carbocycles. The molecule has 0 N–H and O–H groups in total. The smallest absolute Gasteiger partial charge is 0.276 e. The van der Waals surface area contributed by atoms with Gasteiger partial charge in [-0.15, -0.1) is 0 Å². The summed E-state index contributed by atoms with van der Waals surface area (Å²) < 4.78 is 5.11. The highest BCUT2D eigenvalue weighted by molar-refractivity contribution is 5.31. The molecular weight excluding hydrogens is 146 g/mol. The largest absolute Gasteiger partial charge is 0.384 e. The van der Waals surface area contributed by atoms with E-state index in [1.807, 2.05) is 0 Å². The minimum Gasteiger partial charge on any atom is -0.384 e. The van der Waals surface area contributed by atoms with Gasteiger partial charge >= 0.3 is 0 Å². The molecule has 0 saturated carbocycles. The van der Waals surface area contributed by atoms with Gasteiger partial charge in [0.05, 0.1) is 6.61 Å². The summed E-state index contributed by atoms with van der Waals surface area (Å²) in [6, 6.07) is 0. The topological polar surface area (TPSA) is 47.9 Å². The van der Waals surface area contributed by atoms with E-state index >= 15 is 0 Å². The first-order valence-electron chi connectivity index (χ1n) is 3.68. The Morgan fingerprint density at radius 1 is 1.36 bits per heavy atom. The van der Waals surface area contributed by atoms with E-state index in [1.54, 1.807) is 0 Å². The Kier molecular flexibility index (Phi) is 8.43. The lowest BCUT2D eigenvalue weighted by Crippen LogP contribution is -2.02. The van der Waals surface area contributed by atoms with Gasteiger partial charge < -0.3 is 9.57 Å². The molecule has 0 aliphatic rings. The molecule has 0 amide bonds. The number of isocyanates is 1. The van der Waals surface area contributed by atoms with Crippen LogP contribution in [0.1, 0.15) is 19.8 Å². The maximum Gasteiger partial charge on any atom is 0.276 e. The van der Waals surface area contributed by atoms with Gasteiger partial charge in [-0.1, -0.05) is 13.3 Å². The zero-order valence-corrected chi connectivity index (χ0v) is 6.71. The highest BCUT2D eigenvalue weighted by atomic mass is 16.6. The van der Waals surface area contributed by atoms with Gasteiger partial charge in [-0.25, -0.2) is 4.79 Å². The Hall–Kier alpha value is -0.860. The third-order valence-corrected chi connectivity index (χ3v) is 1.06. The molecule has 0 radical (unpaired) electrons. The van der Waals surface area contributed by atoms with E-state index in [2.05, 4.69) is 16.9 Å². The summed E-state index contributed by atoms with van der Waals surface area (Å²) in [4.78, 5) is 13.9. The minimum atomic E-state index is 0.318. The van der Waals surface area contributed by atoms with Gasteiger partial charge in [-0.3, -0.25) is 0 Å². The normalized spacial score (nSPS) is 8.82. The van der Waals surface area contributed by atoms with E-state index in [-0.39, 0.29) is 0 Å². The van der Waals surface area contributed by atoms with E-state index in [1.165, 1.54) is 6.08 Å². The van der Waals surface area contributed by atoms with Crippen LogP contribution in [0.25, 0.3) is 0 Å². The van der Waals surface area contributed by atoms with Crippen molar-refractivity contribution in [3.8, 4) is 0 Å². The van der Waals surface area contributed by atoms with E-state index in [9.17, 15) is 4.79 Å². The van der Waals surface area contributed by atoms with Crippen LogP contribution in [0.5, 0.6) is 0 Å². The summed E-state index contributed by atoms with van der Waals surface area (Å²) in [6.45, 7) is 3.63. The summed E-state index contributed by atoms with van der Waals surface area (Å²) in [5.74, 6) is 0. The predicted molar refractivity (Wildman–Crippen MR) is 39.8 cm³/mol. The molecule has 4 heteroatoms. The summed E-state index contributed by atoms with van der Waals surface area (Å²) >= 11 is 0. The molecule has 0 atom stereocenters. The molecule has 0 saturated heterocycles. The van der Waals surface area contributed by atoms with Gasteiger partial charge in [0.25, 0.3) is 6.08 Å². The molecule has 0 fully saturated rings. The number of hydrogen-bond donors (Lipinski definition) is 0. The number of nitrogens with zero attached hydrogens (tertiary/aromatic N) is 1. The molecular formula is C7H13NO3. The lowest BCUT2D eigenvalue weighted by Gasteiger charge is -1.99. The molecule has 4 nitrogen and oxygen atoms in total. The Morgan fingerprint density at radius 2 is 2.18 bits per heavy atom. The van der Waals surface area contributed by atoms with Crippen molar-refractivity contribution >= 4 is 6.08 Å². The molecule has 0 rings (SSSR count). The van der Waals surface area contributed by atoms with Crippen molar-refractivity contribution in [3.63, 3.8) is 0 Å². The standard InChI is InChI=1S/C7H13NO3/c1-2-3-4-10-5-6-11-8-7-9/h2-6H2,1H3. The summed E-state index contributed by atoms with van der Waals surface area (Å²) in [7, 11) is 0. The van der Waals surface area contributed by atoms with E-state index in [0.29, 0.717) is 13.2 Å². The number of hydrogen-bond acceptors (Lipinski definition) is 4. The molecule has 0 aliphatic heterocycles. The summed E-state index contributed by atoms with van der Waals surface area (Å²) in [6.07, 6.45) is 3.44. The van der Waals surface area contributed by atoms with Gasteiger partial charge in [-0.2, -0.15) is 0 Å². The molecule has 0 aromatic heterocycles. The Balaban J connectivity index is 2.84. The molecule has 0 aromatic rings. The lowest BCUT2D eigenvalue weighted by atomic mass is 10.4. The van der Waals surface area contributed by atoms with Crippen molar-refractivity contribution < 1.29 is 14.4 Å². The zero-order valence-electron chi connectivity index (χ0n) is 6.71. The van der Waals surface area contributed by atoms with Crippen molar-refractivity contribution in [2.75, 3.05) is 19.8 Å². The van der Waals surface area contributed by atoms with E-state index in [0.717, 1.165) is 19.4 Å². The lowest BCUT2D eigenvalue weighted by molar-refractivity contribution is 0.0496. The SMILES string of the molecule is CCCCOCCON=C=O. The highest BCUT2D eigenvalue weighted by Gasteiger charge is 1.86. The molecule has 0 bridgehead atoms. The van der Waals surface area contributed by atoms with Crippen LogP contribution in [0.15, 0.2) is 5.16 Å². The third kappa shape index (κ3) is 9.14. The van der Waals surface area contributed by atoms with Crippen LogP contribution in [0, 0.1) is 0 Å². The number of ether oxygens (including phenoxy) is 1. The quantitative estimate of drug-likeness (QED) is 0.241. The Bertz CT molecular complexity index is 121.